The number of nitrogens with one attached hydrogen (secondary N) is 2. The highest BCUT2D eigenvalue weighted by molar-refractivity contribution is 6.05. The molecular weight excluding hydrogens is 290 g/mol. The van der Waals surface area contributed by atoms with Gasteiger partial charge in [0.1, 0.15) is 6.26 Å². The van der Waals surface area contributed by atoms with Gasteiger partial charge < -0.3 is 15.1 Å². The Balaban J connectivity index is 1.62. The monoisotopic (exact) mass is 307 g/mol. The van der Waals surface area contributed by atoms with E-state index in [-0.39, 0.29) is 5.91 Å². The molecule has 0 saturated carbocycles. The number of pyridine rings is 1. The molecule has 0 radical (unpaired) electrons. The van der Waals surface area contributed by atoms with E-state index in [9.17, 15) is 4.79 Å². The van der Waals surface area contributed by atoms with Crippen LogP contribution < -0.4 is 10.6 Å². The van der Waals surface area contributed by atoms with Crippen molar-refractivity contribution in [2.24, 2.45) is 0 Å². The number of carbonyl (C=O) groups excluding carboxylic acids is 1. The lowest BCUT2D eigenvalue weighted by atomic mass is 10.2. The molecule has 0 bridgehead atoms. The summed E-state index contributed by atoms with van der Waals surface area (Å²) in [6.45, 7) is 0.732. The highest BCUT2D eigenvalue weighted by Crippen LogP contribution is 2.21. The maximum absolute atomic E-state index is 12.1. The molecule has 1 aromatic carbocycles. The van der Waals surface area contributed by atoms with Crippen molar-refractivity contribution >= 4 is 17.3 Å². The zero-order chi connectivity index (χ0) is 15.9. The van der Waals surface area contributed by atoms with Crippen molar-refractivity contribution < 1.29 is 9.21 Å². The molecule has 0 aliphatic heterocycles. The molecule has 0 spiro atoms. The topological polar surface area (TPSA) is 67.2 Å². The van der Waals surface area contributed by atoms with Crippen LogP contribution in [0.25, 0.3) is 0 Å². The number of aromatic nitrogens is 1. The summed E-state index contributed by atoms with van der Waals surface area (Å²) in [5, 5.41) is 6.22. The second-order valence-corrected chi connectivity index (χ2v) is 5.01. The largest absolute Gasteiger partial charge is 0.472 e. The summed E-state index contributed by atoms with van der Waals surface area (Å²) in [6.07, 6.45) is 5.50. The minimum atomic E-state index is -0.197. The molecule has 116 valence electrons. The third-order valence-corrected chi connectivity index (χ3v) is 3.38. The quantitative estimate of drug-likeness (QED) is 0.730. The molecule has 3 rings (SSSR count). The van der Waals surface area contributed by atoms with E-state index >= 15 is 0 Å². The number of anilines is 2. The molecule has 2 N–H and O–H groups in total. The van der Waals surface area contributed by atoms with Crippen molar-refractivity contribution in [1.29, 1.82) is 0 Å². The summed E-state index contributed by atoms with van der Waals surface area (Å²) in [4.78, 5) is 16.4. The van der Waals surface area contributed by atoms with Crippen molar-refractivity contribution in [2.75, 3.05) is 17.2 Å². The summed E-state index contributed by atoms with van der Waals surface area (Å²) < 4.78 is 4.93. The van der Waals surface area contributed by atoms with Gasteiger partial charge in [-0.05, 0) is 30.3 Å². The molecule has 0 fully saturated rings. The number of furan rings is 1. The summed E-state index contributed by atoms with van der Waals surface area (Å²) in [5.74, 6) is -0.197. The van der Waals surface area contributed by atoms with Crippen LogP contribution >= 0.6 is 0 Å². The van der Waals surface area contributed by atoms with Gasteiger partial charge in [0.2, 0.25) is 0 Å². The van der Waals surface area contributed by atoms with Crippen LogP contribution in [0.5, 0.6) is 0 Å². The average molecular weight is 307 g/mol. The molecule has 2 heterocycles. The Kier molecular flexibility index (Phi) is 4.69. The number of benzene rings is 1. The second kappa shape index (κ2) is 7.26. The van der Waals surface area contributed by atoms with Gasteiger partial charge >= 0.3 is 0 Å². The third kappa shape index (κ3) is 3.97. The third-order valence-electron chi connectivity index (χ3n) is 3.38. The summed E-state index contributed by atoms with van der Waals surface area (Å²) in [6, 6.07) is 15.1. The van der Waals surface area contributed by atoms with Gasteiger partial charge in [0.05, 0.1) is 23.2 Å². The van der Waals surface area contributed by atoms with Crippen LogP contribution in [0.1, 0.15) is 16.1 Å². The van der Waals surface area contributed by atoms with Crippen molar-refractivity contribution in [3.63, 3.8) is 0 Å². The summed E-state index contributed by atoms with van der Waals surface area (Å²) in [7, 11) is 0. The fourth-order valence-electron chi connectivity index (χ4n) is 2.21. The molecule has 5 nitrogen and oxygen atoms in total. The molecule has 0 aliphatic rings. The average Bonchev–Trinajstić information content (AvgIpc) is 3.12. The first kappa shape index (κ1) is 14.8. The van der Waals surface area contributed by atoms with Crippen LogP contribution in [0, 0.1) is 0 Å². The molecule has 0 atom stereocenters. The van der Waals surface area contributed by atoms with Gasteiger partial charge in [-0.2, -0.15) is 0 Å². The van der Waals surface area contributed by atoms with E-state index in [0.717, 1.165) is 30.0 Å². The molecular formula is C18H17N3O2. The highest BCUT2D eigenvalue weighted by atomic mass is 16.3. The fourth-order valence-corrected chi connectivity index (χ4v) is 2.21. The van der Waals surface area contributed by atoms with Gasteiger partial charge in [0.25, 0.3) is 5.91 Å². The van der Waals surface area contributed by atoms with Crippen LogP contribution in [-0.4, -0.2) is 17.4 Å². The van der Waals surface area contributed by atoms with Crippen LogP contribution in [0.15, 0.2) is 71.7 Å². The lowest BCUT2D eigenvalue weighted by Gasteiger charge is -2.12. The SMILES string of the molecule is O=C(Nc1ccccc1NCCc1ccccn1)c1ccoc1. The Bertz CT molecular complexity index is 755. The Morgan fingerprint density at radius 3 is 2.61 bits per heavy atom. The van der Waals surface area contributed by atoms with Crippen LogP contribution in [-0.2, 0) is 6.42 Å². The van der Waals surface area contributed by atoms with Gasteiger partial charge in [-0.1, -0.05) is 18.2 Å². The van der Waals surface area contributed by atoms with Gasteiger partial charge in [-0.25, -0.2) is 0 Å². The van der Waals surface area contributed by atoms with E-state index in [4.69, 9.17) is 4.42 Å². The zero-order valence-corrected chi connectivity index (χ0v) is 12.5. The molecule has 0 unspecified atom stereocenters. The van der Waals surface area contributed by atoms with E-state index in [1.54, 1.807) is 12.3 Å². The minimum Gasteiger partial charge on any atom is -0.472 e. The molecule has 1 amide bonds. The molecule has 5 heteroatoms. The molecule has 0 aliphatic carbocycles. The van der Waals surface area contributed by atoms with Crippen molar-refractivity contribution in [2.45, 2.75) is 6.42 Å². The number of nitrogens with zero attached hydrogens (tertiary/aromatic N) is 1. The zero-order valence-electron chi connectivity index (χ0n) is 12.5. The van der Waals surface area contributed by atoms with Crippen LogP contribution in [0.2, 0.25) is 0 Å². The Morgan fingerprint density at radius 1 is 1.04 bits per heavy atom. The van der Waals surface area contributed by atoms with Gasteiger partial charge in [-0.3, -0.25) is 9.78 Å². The predicted octanol–water partition coefficient (Wildman–Crippen LogP) is 3.58. The second-order valence-electron chi connectivity index (χ2n) is 5.01. The molecule has 2 aromatic heterocycles. The first-order valence-corrected chi connectivity index (χ1v) is 7.39. The summed E-state index contributed by atoms with van der Waals surface area (Å²) >= 11 is 0. The van der Waals surface area contributed by atoms with E-state index in [0.29, 0.717) is 5.56 Å². The number of rotatable bonds is 6. The number of hydrogen-bond acceptors (Lipinski definition) is 4. The maximum Gasteiger partial charge on any atom is 0.258 e. The van der Waals surface area contributed by atoms with E-state index in [1.165, 1.54) is 12.5 Å². The van der Waals surface area contributed by atoms with Crippen molar-refractivity contribution in [3.05, 3.63) is 78.5 Å². The number of amides is 1. The van der Waals surface area contributed by atoms with Gasteiger partial charge in [0, 0.05) is 24.9 Å². The first-order valence-electron chi connectivity index (χ1n) is 7.39. The smallest absolute Gasteiger partial charge is 0.258 e. The number of para-hydroxylation sites is 2. The number of hydrogen-bond donors (Lipinski definition) is 2. The first-order chi connectivity index (χ1) is 11.3. The highest BCUT2D eigenvalue weighted by Gasteiger charge is 2.09. The van der Waals surface area contributed by atoms with Gasteiger partial charge in [0.15, 0.2) is 0 Å². The predicted molar refractivity (Wildman–Crippen MR) is 89.5 cm³/mol. The lowest BCUT2D eigenvalue weighted by Crippen LogP contribution is -2.14. The van der Waals surface area contributed by atoms with Crippen LogP contribution in [0.3, 0.4) is 0 Å². The van der Waals surface area contributed by atoms with E-state index in [2.05, 4.69) is 15.6 Å². The van der Waals surface area contributed by atoms with Crippen molar-refractivity contribution in [3.8, 4) is 0 Å². The van der Waals surface area contributed by atoms with Gasteiger partial charge in [-0.15, -0.1) is 0 Å². The van der Waals surface area contributed by atoms with E-state index < -0.39 is 0 Å². The summed E-state index contributed by atoms with van der Waals surface area (Å²) in [5.41, 5.74) is 3.13. The molecule has 23 heavy (non-hydrogen) atoms. The molecule has 3 aromatic rings. The Hall–Kier alpha value is -3.08. The number of carbonyl (C=O) groups is 1. The normalized spacial score (nSPS) is 10.3. The lowest BCUT2D eigenvalue weighted by molar-refractivity contribution is 0.102. The van der Waals surface area contributed by atoms with Crippen molar-refractivity contribution in [1.82, 2.24) is 4.98 Å². The Morgan fingerprint density at radius 2 is 1.87 bits per heavy atom. The minimum absolute atomic E-state index is 0.197. The fraction of sp³-hybridized carbons (Fsp3) is 0.111. The standard InChI is InChI=1S/C18H17N3O2/c22-18(14-9-12-23-13-14)21-17-7-2-1-6-16(17)20-11-8-15-5-3-4-10-19-15/h1-7,9-10,12-13,20H,8,11H2,(H,21,22). The van der Waals surface area contributed by atoms with Crippen LogP contribution in [0.4, 0.5) is 11.4 Å². The molecule has 0 saturated heterocycles. The van der Waals surface area contributed by atoms with E-state index in [1.807, 2.05) is 42.5 Å². The maximum atomic E-state index is 12.1. The Labute approximate surface area is 134 Å².